The Labute approximate surface area is 125 Å². The standard InChI is InChI=1S/C16H33NO2Si/c1-15(2,3)20(4,5)19-10-9-16(18)11-13-7-6-8-14(12-16)17-13/h13-14,17-18H,6-12H2,1-5H3. The lowest BCUT2D eigenvalue weighted by atomic mass is 9.76. The second-order valence-electron chi connectivity index (χ2n) is 8.48. The van der Waals surface area contributed by atoms with Gasteiger partial charge >= 0.3 is 0 Å². The van der Waals surface area contributed by atoms with E-state index < -0.39 is 13.9 Å². The van der Waals surface area contributed by atoms with E-state index in [9.17, 15) is 5.11 Å². The Balaban J connectivity index is 1.84. The van der Waals surface area contributed by atoms with Crippen molar-refractivity contribution in [2.45, 2.75) is 95.1 Å². The van der Waals surface area contributed by atoms with E-state index >= 15 is 0 Å². The van der Waals surface area contributed by atoms with Crippen LogP contribution in [-0.2, 0) is 4.43 Å². The lowest BCUT2D eigenvalue weighted by Crippen LogP contribution is -2.56. The molecule has 0 aromatic rings. The second-order valence-corrected chi connectivity index (χ2v) is 13.3. The maximum atomic E-state index is 10.9. The molecule has 2 aliphatic rings. The predicted octanol–water partition coefficient (Wildman–Crippen LogP) is 3.43. The summed E-state index contributed by atoms with van der Waals surface area (Å²) in [4.78, 5) is 0. The fraction of sp³-hybridized carbons (Fsp3) is 1.00. The summed E-state index contributed by atoms with van der Waals surface area (Å²) >= 11 is 0. The highest BCUT2D eigenvalue weighted by atomic mass is 28.4. The zero-order valence-electron chi connectivity index (χ0n) is 14.0. The van der Waals surface area contributed by atoms with E-state index in [4.69, 9.17) is 4.43 Å². The summed E-state index contributed by atoms with van der Waals surface area (Å²) in [5.74, 6) is 0. The van der Waals surface area contributed by atoms with Gasteiger partial charge in [0, 0.05) is 18.7 Å². The second kappa shape index (κ2) is 5.71. The third kappa shape index (κ3) is 3.84. The highest BCUT2D eigenvalue weighted by Crippen LogP contribution is 2.38. The number of fused-ring (bicyclic) bond motifs is 2. The van der Waals surface area contributed by atoms with Gasteiger partial charge in [-0.1, -0.05) is 27.2 Å². The van der Waals surface area contributed by atoms with Gasteiger partial charge in [0.15, 0.2) is 8.32 Å². The number of rotatable bonds is 4. The highest BCUT2D eigenvalue weighted by molar-refractivity contribution is 6.74. The molecular formula is C16H33NO2Si. The van der Waals surface area contributed by atoms with Crippen molar-refractivity contribution in [3.8, 4) is 0 Å². The van der Waals surface area contributed by atoms with Gasteiger partial charge in [-0.25, -0.2) is 0 Å². The van der Waals surface area contributed by atoms with Crippen LogP contribution in [-0.4, -0.2) is 37.7 Å². The maximum Gasteiger partial charge on any atom is 0.191 e. The average Bonchev–Trinajstić information content (AvgIpc) is 2.25. The van der Waals surface area contributed by atoms with Gasteiger partial charge in [0.2, 0.25) is 0 Å². The molecule has 4 heteroatoms. The lowest BCUT2D eigenvalue weighted by molar-refractivity contribution is -0.0452. The van der Waals surface area contributed by atoms with Crippen molar-refractivity contribution in [3.63, 3.8) is 0 Å². The molecule has 3 nitrogen and oxygen atoms in total. The van der Waals surface area contributed by atoms with Crippen molar-refractivity contribution < 1.29 is 9.53 Å². The van der Waals surface area contributed by atoms with Crippen LogP contribution in [0, 0.1) is 0 Å². The molecule has 2 heterocycles. The minimum absolute atomic E-state index is 0.250. The number of nitrogens with one attached hydrogen (secondary N) is 1. The van der Waals surface area contributed by atoms with E-state index in [1.54, 1.807) is 0 Å². The van der Waals surface area contributed by atoms with E-state index in [-0.39, 0.29) is 5.04 Å². The summed E-state index contributed by atoms with van der Waals surface area (Å²) in [6, 6.07) is 1.06. The summed E-state index contributed by atoms with van der Waals surface area (Å²) in [7, 11) is -1.68. The first-order valence-corrected chi connectivity index (χ1v) is 11.1. The SMILES string of the molecule is CC(C)(C)[Si](C)(C)OCCC1(O)CC2CCCC(C1)N2. The summed E-state index contributed by atoms with van der Waals surface area (Å²) in [6.45, 7) is 12.1. The molecule has 2 bridgehead atoms. The fourth-order valence-electron chi connectivity index (χ4n) is 3.35. The monoisotopic (exact) mass is 299 g/mol. The van der Waals surface area contributed by atoms with Gasteiger partial charge in [0.25, 0.3) is 0 Å². The first-order chi connectivity index (χ1) is 9.11. The molecule has 2 atom stereocenters. The van der Waals surface area contributed by atoms with Gasteiger partial charge in [-0.05, 0) is 50.2 Å². The van der Waals surface area contributed by atoms with Gasteiger partial charge in [0.05, 0.1) is 5.60 Å². The van der Waals surface area contributed by atoms with Gasteiger partial charge in [-0.2, -0.15) is 0 Å². The molecule has 0 amide bonds. The Morgan fingerprint density at radius 2 is 1.75 bits per heavy atom. The quantitative estimate of drug-likeness (QED) is 0.781. The van der Waals surface area contributed by atoms with Gasteiger partial charge in [0.1, 0.15) is 0 Å². The van der Waals surface area contributed by atoms with E-state index in [1.165, 1.54) is 19.3 Å². The number of aliphatic hydroxyl groups is 1. The molecule has 20 heavy (non-hydrogen) atoms. The molecule has 2 fully saturated rings. The van der Waals surface area contributed by atoms with Crippen molar-refractivity contribution >= 4 is 8.32 Å². The van der Waals surface area contributed by atoms with Crippen LogP contribution in [0.2, 0.25) is 18.1 Å². The molecule has 2 N–H and O–H groups in total. The van der Waals surface area contributed by atoms with Crippen molar-refractivity contribution in [1.82, 2.24) is 5.32 Å². The first kappa shape index (κ1) is 16.5. The van der Waals surface area contributed by atoms with Gasteiger partial charge in [-0.15, -0.1) is 0 Å². The molecule has 0 aromatic heterocycles. The largest absolute Gasteiger partial charge is 0.417 e. The van der Waals surface area contributed by atoms with Crippen LogP contribution in [0.3, 0.4) is 0 Å². The van der Waals surface area contributed by atoms with Crippen LogP contribution in [0.1, 0.15) is 59.3 Å². The Morgan fingerprint density at radius 1 is 1.20 bits per heavy atom. The Morgan fingerprint density at radius 3 is 2.25 bits per heavy atom. The van der Waals surface area contributed by atoms with Crippen LogP contribution in [0.4, 0.5) is 0 Å². The molecule has 2 unspecified atom stereocenters. The van der Waals surface area contributed by atoms with E-state index in [0.29, 0.717) is 18.7 Å². The zero-order chi connectivity index (χ0) is 15.0. The third-order valence-corrected chi connectivity index (χ3v) is 10.2. The summed E-state index contributed by atoms with van der Waals surface area (Å²) in [5.41, 5.74) is -0.497. The molecule has 0 spiro atoms. The molecular weight excluding hydrogens is 266 g/mol. The van der Waals surface area contributed by atoms with Crippen LogP contribution in [0.5, 0.6) is 0 Å². The molecule has 2 rings (SSSR count). The fourth-order valence-corrected chi connectivity index (χ4v) is 4.40. The Bertz CT molecular complexity index is 326. The topological polar surface area (TPSA) is 41.5 Å². The van der Waals surface area contributed by atoms with Crippen LogP contribution in [0.25, 0.3) is 0 Å². The molecule has 0 aromatic carbocycles. The number of piperidine rings is 2. The highest BCUT2D eigenvalue weighted by Gasteiger charge is 2.42. The van der Waals surface area contributed by atoms with Gasteiger partial charge in [-0.3, -0.25) is 0 Å². The summed E-state index contributed by atoms with van der Waals surface area (Å²) < 4.78 is 6.24. The van der Waals surface area contributed by atoms with E-state index in [1.807, 2.05) is 0 Å². The lowest BCUT2D eigenvalue weighted by Gasteiger charge is -2.46. The average molecular weight is 300 g/mol. The minimum Gasteiger partial charge on any atom is -0.417 e. The minimum atomic E-state index is -1.68. The zero-order valence-corrected chi connectivity index (χ0v) is 15.0. The molecule has 0 aliphatic carbocycles. The van der Waals surface area contributed by atoms with Crippen molar-refractivity contribution in [2.24, 2.45) is 0 Å². The summed E-state index contributed by atoms with van der Waals surface area (Å²) in [6.07, 6.45) is 6.38. The van der Waals surface area contributed by atoms with Gasteiger partial charge < -0.3 is 14.8 Å². The van der Waals surface area contributed by atoms with Crippen LogP contribution >= 0.6 is 0 Å². The number of hydrogen-bond acceptors (Lipinski definition) is 3. The molecule has 118 valence electrons. The molecule has 2 aliphatic heterocycles. The summed E-state index contributed by atoms with van der Waals surface area (Å²) in [5, 5.41) is 14.8. The normalized spacial score (nSPS) is 35.1. The van der Waals surface area contributed by atoms with Crippen molar-refractivity contribution in [3.05, 3.63) is 0 Å². The van der Waals surface area contributed by atoms with E-state index in [0.717, 1.165) is 19.3 Å². The van der Waals surface area contributed by atoms with E-state index in [2.05, 4.69) is 39.2 Å². The molecule has 0 radical (unpaired) electrons. The Hall–Kier alpha value is 0.0969. The Kier molecular flexibility index (Phi) is 4.70. The first-order valence-electron chi connectivity index (χ1n) is 8.24. The number of hydrogen-bond donors (Lipinski definition) is 2. The predicted molar refractivity (Wildman–Crippen MR) is 86.5 cm³/mol. The van der Waals surface area contributed by atoms with Crippen LogP contribution < -0.4 is 5.32 Å². The third-order valence-electron chi connectivity index (χ3n) is 5.67. The smallest absolute Gasteiger partial charge is 0.191 e. The van der Waals surface area contributed by atoms with Crippen LogP contribution in [0.15, 0.2) is 0 Å². The maximum absolute atomic E-state index is 10.9. The molecule has 0 saturated carbocycles. The molecule has 2 saturated heterocycles. The van der Waals surface area contributed by atoms with Crippen molar-refractivity contribution in [1.29, 1.82) is 0 Å². The van der Waals surface area contributed by atoms with Crippen molar-refractivity contribution in [2.75, 3.05) is 6.61 Å².